The fraction of sp³-hybridized carbons (Fsp3) is 0.250. The van der Waals surface area contributed by atoms with Gasteiger partial charge in [0.25, 0.3) is 5.91 Å². The molecule has 9 heteroatoms. The molecule has 29 heavy (non-hydrogen) atoms. The monoisotopic (exact) mass is 446 g/mol. The molecule has 0 radical (unpaired) electrons. The van der Waals surface area contributed by atoms with Crippen LogP contribution >= 0.6 is 34.3 Å². The Labute approximate surface area is 181 Å². The smallest absolute Gasteiger partial charge is 0.258 e. The van der Waals surface area contributed by atoms with Crippen molar-refractivity contribution < 1.29 is 9.59 Å². The first-order chi connectivity index (χ1) is 14.1. The van der Waals surface area contributed by atoms with E-state index in [9.17, 15) is 9.59 Å². The van der Waals surface area contributed by atoms with E-state index in [4.69, 9.17) is 11.6 Å². The number of halogens is 1. The van der Waals surface area contributed by atoms with Crippen LogP contribution in [-0.4, -0.2) is 47.9 Å². The van der Waals surface area contributed by atoms with Crippen LogP contribution < -0.4 is 10.2 Å². The van der Waals surface area contributed by atoms with Crippen LogP contribution in [0.4, 0.5) is 10.8 Å². The maximum Gasteiger partial charge on any atom is 0.258 e. The van der Waals surface area contributed by atoms with Gasteiger partial charge in [0.1, 0.15) is 0 Å². The number of nitrogens with zero attached hydrogens (tertiary/aromatic N) is 3. The number of rotatable bonds is 5. The van der Waals surface area contributed by atoms with Gasteiger partial charge in [-0.2, -0.15) is 11.3 Å². The van der Waals surface area contributed by atoms with E-state index in [0.29, 0.717) is 29.5 Å². The second-order valence-electron chi connectivity index (χ2n) is 6.61. The predicted molar refractivity (Wildman–Crippen MR) is 118 cm³/mol. The van der Waals surface area contributed by atoms with E-state index in [1.54, 1.807) is 11.4 Å². The lowest BCUT2D eigenvalue weighted by atomic mass is 10.2. The average Bonchev–Trinajstić information content (AvgIpc) is 3.41. The first-order valence-electron chi connectivity index (χ1n) is 9.15. The minimum atomic E-state index is -0.186. The molecule has 3 aromatic rings. The van der Waals surface area contributed by atoms with Gasteiger partial charge in [0.05, 0.1) is 28.4 Å². The molecule has 0 aliphatic carbocycles. The molecule has 2 amide bonds. The Bertz CT molecular complexity index is 998. The summed E-state index contributed by atoms with van der Waals surface area (Å²) >= 11 is 9.07. The molecule has 1 fully saturated rings. The number of amides is 2. The molecule has 1 aromatic carbocycles. The molecular formula is C20H19ClN4O2S2. The van der Waals surface area contributed by atoms with Gasteiger partial charge in [0.2, 0.25) is 5.91 Å². The van der Waals surface area contributed by atoms with Crippen LogP contribution in [-0.2, 0) is 11.2 Å². The van der Waals surface area contributed by atoms with Crippen molar-refractivity contribution in [3.05, 3.63) is 62.8 Å². The van der Waals surface area contributed by atoms with Crippen LogP contribution in [0.1, 0.15) is 16.1 Å². The number of carbonyl (C=O) groups excluding carboxylic acids is 2. The lowest BCUT2D eigenvalue weighted by Crippen LogP contribution is -2.49. The quantitative estimate of drug-likeness (QED) is 0.643. The van der Waals surface area contributed by atoms with Crippen molar-refractivity contribution >= 4 is 56.9 Å². The number of hydrogen-bond donors (Lipinski definition) is 1. The number of para-hydroxylation sites is 1. The summed E-state index contributed by atoms with van der Waals surface area (Å²) < 4.78 is 0. The zero-order valence-corrected chi connectivity index (χ0v) is 17.9. The van der Waals surface area contributed by atoms with Gasteiger partial charge in [0, 0.05) is 36.9 Å². The second-order valence-corrected chi connectivity index (χ2v) is 8.65. The molecule has 2 aromatic heterocycles. The summed E-state index contributed by atoms with van der Waals surface area (Å²) in [5.74, 6) is -0.140. The topological polar surface area (TPSA) is 65.5 Å². The highest BCUT2D eigenvalue weighted by Gasteiger charge is 2.23. The van der Waals surface area contributed by atoms with Gasteiger partial charge in [-0.3, -0.25) is 14.9 Å². The van der Waals surface area contributed by atoms with E-state index in [0.717, 1.165) is 23.8 Å². The van der Waals surface area contributed by atoms with Gasteiger partial charge in [-0.05, 0) is 23.6 Å². The number of piperazine rings is 1. The van der Waals surface area contributed by atoms with Crippen LogP contribution in [0.5, 0.6) is 0 Å². The minimum Gasteiger partial charge on any atom is -0.367 e. The Hall–Kier alpha value is -2.42. The molecule has 6 nitrogen and oxygen atoms in total. The van der Waals surface area contributed by atoms with E-state index in [1.807, 2.05) is 39.9 Å². The van der Waals surface area contributed by atoms with Crippen molar-refractivity contribution in [2.45, 2.75) is 6.42 Å². The fourth-order valence-electron chi connectivity index (χ4n) is 3.18. The predicted octanol–water partition coefficient (Wildman–Crippen LogP) is 4.00. The zero-order valence-electron chi connectivity index (χ0n) is 15.5. The molecule has 150 valence electrons. The third-order valence-electron chi connectivity index (χ3n) is 4.71. The summed E-state index contributed by atoms with van der Waals surface area (Å²) in [6, 6.07) is 9.53. The second kappa shape index (κ2) is 8.94. The summed E-state index contributed by atoms with van der Waals surface area (Å²) in [5, 5.41) is 9.47. The van der Waals surface area contributed by atoms with Crippen LogP contribution in [0.2, 0.25) is 5.02 Å². The van der Waals surface area contributed by atoms with Gasteiger partial charge in [0.15, 0.2) is 5.13 Å². The fourth-order valence-corrected chi connectivity index (χ4v) is 4.78. The zero-order chi connectivity index (χ0) is 20.2. The van der Waals surface area contributed by atoms with Gasteiger partial charge in [-0.1, -0.05) is 23.7 Å². The number of anilines is 2. The van der Waals surface area contributed by atoms with Gasteiger partial charge < -0.3 is 9.80 Å². The van der Waals surface area contributed by atoms with E-state index in [1.165, 1.54) is 22.7 Å². The number of hydrogen-bond acceptors (Lipinski definition) is 6. The molecule has 1 aliphatic heterocycles. The van der Waals surface area contributed by atoms with E-state index < -0.39 is 0 Å². The highest BCUT2D eigenvalue weighted by molar-refractivity contribution is 7.14. The first kappa shape index (κ1) is 19.9. The molecule has 1 N–H and O–H groups in total. The summed E-state index contributed by atoms with van der Waals surface area (Å²) in [6.45, 7) is 2.79. The number of carbonyl (C=O) groups is 2. The van der Waals surface area contributed by atoms with Crippen molar-refractivity contribution in [3.63, 3.8) is 0 Å². The van der Waals surface area contributed by atoms with Crippen molar-refractivity contribution in [2.24, 2.45) is 0 Å². The Morgan fingerprint density at radius 1 is 1.10 bits per heavy atom. The van der Waals surface area contributed by atoms with Crippen molar-refractivity contribution in [2.75, 3.05) is 36.4 Å². The van der Waals surface area contributed by atoms with Gasteiger partial charge >= 0.3 is 0 Å². The van der Waals surface area contributed by atoms with E-state index in [-0.39, 0.29) is 18.2 Å². The minimum absolute atomic E-state index is 0.0461. The Kier molecular flexibility index (Phi) is 6.13. The maximum atomic E-state index is 12.7. The SMILES string of the molecule is O=C(Nc1nc(CC(=O)N2CCN(c3ccccc3Cl)CC2)cs1)c1ccsc1. The van der Waals surface area contributed by atoms with E-state index in [2.05, 4.69) is 15.2 Å². The maximum absolute atomic E-state index is 12.7. The lowest BCUT2D eigenvalue weighted by molar-refractivity contribution is -0.130. The number of thiophene rings is 1. The van der Waals surface area contributed by atoms with Gasteiger partial charge in [-0.15, -0.1) is 11.3 Å². The normalized spacial score (nSPS) is 14.1. The molecular weight excluding hydrogens is 428 g/mol. The summed E-state index contributed by atoms with van der Waals surface area (Å²) in [7, 11) is 0. The lowest BCUT2D eigenvalue weighted by Gasteiger charge is -2.36. The van der Waals surface area contributed by atoms with Crippen LogP contribution in [0.15, 0.2) is 46.5 Å². The molecule has 0 atom stereocenters. The molecule has 0 unspecified atom stereocenters. The number of nitrogens with one attached hydrogen (secondary N) is 1. The number of thiazole rings is 1. The van der Waals surface area contributed by atoms with Crippen molar-refractivity contribution in [1.82, 2.24) is 9.88 Å². The number of benzene rings is 1. The van der Waals surface area contributed by atoms with Crippen LogP contribution in [0, 0.1) is 0 Å². The molecule has 4 rings (SSSR count). The molecule has 0 spiro atoms. The summed E-state index contributed by atoms with van der Waals surface area (Å²) in [4.78, 5) is 33.2. The standard InChI is InChI=1S/C20H19ClN4O2S2/c21-16-3-1-2-4-17(16)24-6-8-25(9-7-24)18(26)11-15-13-29-20(22-15)23-19(27)14-5-10-28-12-14/h1-5,10,12-13H,6-9,11H2,(H,22,23,27). The van der Waals surface area contributed by atoms with Crippen LogP contribution in [0.25, 0.3) is 0 Å². The van der Waals surface area contributed by atoms with Crippen molar-refractivity contribution in [1.29, 1.82) is 0 Å². The summed E-state index contributed by atoms with van der Waals surface area (Å²) in [6.07, 6.45) is 0.233. The van der Waals surface area contributed by atoms with E-state index >= 15 is 0 Å². The third kappa shape index (κ3) is 4.77. The largest absolute Gasteiger partial charge is 0.367 e. The molecule has 1 saturated heterocycles. The Balaban J connectivity index is 1.30. The molecule has 0 bridgehead atoms. The van der Waals surface area contributed by atoms with Crippen LogP contribution in [0.3, 0.4) is 0 Å². The number of aromatic nitrogens is 1. The Morgan fingerprint density at radius 3 is 2.62 bits per heavy atom. The molecule has 0 saturated carbocycles. The summed E-state index contributed by atoms with van der Waals surface area (Å²) in [5.41, 5.74) is 2.29. The molecule has 3 heterocycles. The first-order valence-corrected chi connectivity index (χ1v) is 11.4. The Morgan fingerprint density at radius 2 is 1.90 bits per heavy atom. The third-order valence-corrected chi connectivity index (χ3v) is 6.52. The van der Waals surface area contributed by atoms with Gasteiger partial charge in [-0.25, -0.2) is 4.98 Å². The highest BCUT2D eigenvalue weighted by atomic mass is 35.5. The highest BCUT2D eigenvalue weighted by Crippen LogP contribution is 2.26. The van der Waals surface area contributed by atoms with Crippen molar-refractivity contribution in [3.8, 4) is 0 Å². The average molecular weight is 447 g/mol. The molecule has 1 aliphatic rings.